The van der Waals surface area contributed by atoms with Crippen LogP contribution in [-0.4, -0.2) is 30.0 Å². The Kier molecular flexibility index (Phi) is 9.24. The normalized spacial score (nSPS) is 10.6. The van der Waals surface area contributed by atoms with Crippen molar-refractivity contribution in [2.24, 2.45) is 5.10 Å². The Bertz CT molecular complexity index is 1590. The van der Waals surface area contributed by atoms with Gasteiger partial charge in [-0.05, 0) is 54.6 Å². The van der Waals surface area contributed by atoms with Gasteiger partial charge in [0.25, 0.3) is 0 Å². The predicted molar refractivity (Wildman–Crippen MR) is 150 cm³/mol. The van der Waals surface area contributed by atoms with Crippen LogP contribution in [0.25, 0.3) is 0 Å². The molecule has 2 N–H and O–H groups in total. The van der Waals surface area contributed by atoms with Crippen LogP contribution in [0, 0.1) is 0 Å². The lowest BCUT2D eigenvalue weighted by molar-refractivity contribution is -0.136. The zero-order valence-corrected chi connectivity index (χ0v) is 22.0. The summed E-state index contributed by atoms with van der Waals surface area (Å²) in [5, 5.41) is 6.62. The molecule has 40 heavy (non-hydrogen) atoms. The van der Waals surface area contributed by atoms with Gasteiger partial charge < -0.3 is 14.8 Å². The van der Waals surface area contributed by atoms with Gasteiger partial charge >= 0.3 is 23.8 Å². The van der Waals surface area contributed by atoms with E-state index in [1.807, 2.05) is 0 Å². The lowest BCUT2D eigenvalue weighted by Crippen LogP contribution is -2.32. The first-order valence-corrected chi connectivity index (χ1v) is 12.3. The number of hydrogen-bond acceptors (Lipinski definition) is 7. The molecule has 4 aromatic carbocycles. The van der Waals surface area contributed by atoms with Crippen LogP contribution in [0.4, 0.5) is 5.69 Å². The van der Waals surface area contributed by atoms with Gasteiger partial charge in [0.15, 0.2) is 0 Å². The summed E-state index contributed by atoms with van der Waals surface area (Å²) < 4.78 is 10.9. The van der Waals surface area contributed by atoms with Crippen molar-refractivity contribution in [2.45, 2.75) is 0 Å². The number of amides is 2. The maximum absolute atomic E-state index is 12.7. The van der Waals surface area contributed by atoms with E-state index < -0.39 is 23.8 Å². The molecule has 0 radical (unpaired) electrons. The molecule has 0 unspecified atom stereocenters. The third-order valence-corrected chi connectivity index (χ3v) is 5.73. The molecule has 9 nitrogen and oxygen atoms in total. The van der Waals surface area contributed by atoms with Gasteiger partial charge in [-0.25, -0.2) is 15.0 Å². The highest BCUT2D eigenvalue weighted by molar-refractivity contribution is 6.42. The monoisotopic (exact) mass is 575 g/mol. The molecule has 0 saturated carbocycles. The zero-order chi connectivity index (χ0) is 28.5. The second kappa shape index (κ2) is 13.2. The fourth-order valence-electron chi connectivity index (χ4n) is 3.23. The van der Waals surface area contributed by atoms with Crippen molar-refractivity contribution >= 4 is 58.9 Å². The molecule has 0 aromatic heterocycles. The Morgan fingerprint density at radius 3 is 1.98 bits per heavy atom. The van der Waals surface area contributed by atoms with E-state index in [9.17, 15) is 19.2 Å². The number of ether oxygens (including phenoxy) is 2. The van der Waals surface area contributed by atoms with E-state index in [-0.39, 0.29) is 33.3 Å². The molecule has 200 valence electrons. The van der Waals surface area contributed by atoms with E-state index >= 15 is 0 Å². The highest BCUT2D eigenvalue weighted by Gasteiger charge is 2.17. The number of benzene rings is 4. The average molecular weight is 576 g/mol. The lowest BCUT2D eigenvalue weighted by Gasteiger charge is -2.11. The largest absolute Gasteiger partial charge is 0.423 e. The molecular formula is C29H19Cl2N3O6. The molecular weight excluding hydrogens is 557 g/mol. The first kappa shape index (κ1) is 28.0. The van der Waals surface area contributed by atoms with Crippen LogP contribution in [0.2, 0.25) is 10.0 Å². The molecule has 0 aliphatic rings. The summed E-state index contributed by atoms with van der Waals surface area (Å²) >= 11 is 11.9. The van der Waals surface area contributed by atoms with E-state index in [0.717, 1.165) is 6.21 Å². The molecule has 4 rings (SSSR count). The number of carbonyl (C=O) groups excluding carboxylic acids is 4. The number of carbonyl (C=O) groups is 4. The van der Waals surface area contributed by atoms with Crippen molar-refractivity contribution in [3.63, 3.8) is 0 Å². The minimum absolute atomic E-state index is 0.0135. The van der Waals surface area contributed by atoms with Gasteiger partial charge in [0, 0.05) is 16.7 Å². The van der Waals surface area contributed by atoms with E-state index in [4.69, 9.17) is 32.7 Å². The van der Waals surface area contributed by atoms with E-state index in [1.54, 1.807) is 60.7 Å². The minimum atomic E-state index is -1.09. The summed E-state index contributed by atoms with van der Waals surface area (Å²) in [5.41, 5.74) is 3.08. The summed E-state index contributed by atoms with van der Waals surface area (Å²) in [5.74, 6) is -3.34. The van der Waals surface area contributed by atoms with E-state index in [1.165, 1.54) is 36.4 Å². The van der Waals surface area contributed by atoms with Gasteiger partial charge in [-0.1, -0.05) is 59.6 Å². The molecule has 0 aliphatic heterocycles. The van der Waals surface area contributed by atoms with Crippen molar-refractivity contribution in [1.29, 1.82) is 0 Å². The van der Waals surface area contributed by atoms with Crippen LogP contribution in [0.3, 0.4) is 0 Å². The fourth-order valence-corrected chi connectivity index (χ4v) is 3.57. The SMILES string of the molecule is O=C(N/N=C/c1ccc(OC(=O)c2ccccc2)cc1OC(=O)c1ccccc1)C(=O)Nc1cc(Cl)ccc1Cl. The van der Waals surface area contributed by atoms with Crippen LogP contribution in [-0.2, 0) is 9.59 Å². The molecule has 0 fully saturated rings. The van der Waals surface area contributed by atoms with Gasteiger partial charge in [0.1, 0.15) is 11.5 Å². The van der Waals surface area contributed by atoms with Gasteiger partial charge in [-0.15, -0.1) is 0 Å². The maximum Gasteiger partial charge on any atom is 0.343 e. The highest BCUT2D eigenvalue weighted by atomic mass is 35.5. The van der Waals surface area contributed by atoms with Crippen LogP contribution in [0.5, 0.6) is 11.5 Å². The van der Waals surface area contributed by atoms with Crippen molar-refractivity contribution in [2.75, 3.05) is 5.32 Å². The highest BCUT2D eigenvalue weighted by Crippen LogP contribution is 2.26. The second-order valence-electron chi connectivity index (χ2n) is 7.99. The van der Waals surface area contributed by atoms with Crippen LogP contribution >= 0.6 is 23.2 Å². The van der Waals surface area contributed by atoms with Crippen LogP contribution < -0.4 is 20.2 Å². The van der Waals surface area contributed by atoms with Crippen LogP contribution in [0.1, 0.15) is 26.3 Å². The second-order valence-corrected chi connectivity index (χ2v) is 8.83. The maximum atomic E-state index is 12.7. The molecule has 0 heterocycles. The molecule has 0 bridgehead atoms. The molecule has 0 atom stereocenters. The van der Waals surface area contributed by atoms with Crippen molar-refractivity contribution in [1.82, 2.24) is 5.43 Å². The zero-order valence-electron chi connectivity index (χ0n) is 20.5. The number of esters is 2. The first-order valence-electron chi connectivity index (χ1n) is 11.6. The van der Waals surface area contributed by atoms with E-state index in [0.29, 0.717) is 10.6 Å². The number of hydrogen-bond donors (Lipinski definition) is 2. The van der Waals surface area contributed by atoms with Gasteiger partial charge in [-0.2, -0.15) is 5.10 Å². The quantitative estimate of drug-likeness (QED) is 0.0982. The Morgan fingerprint density at radius 2 is 1.32 bits per heavy atom. The van der Waals surface area contributed by atoms with E-state index in [2.05, 4.69) is 15.8 Å². The van der Waals surface area contributed by atoms with Gasteiger partial charge in [0.2, 0.25) is 0 Å². The number of hydrazone groups is 1. The molecule has 0 saturated heterocycles. The smallest absolute Gasteiger partial charge is 0.343 e. The molecule has 0 aliphatic carbocycles. The summed E-state index contributed by atoms with van der Waals surface area (Å²) in [6.07, 6.45) is 1.16. The molecule has 4 aromatic rings. The van der Waals surface area contributed by atoms with Crippen molar-refractivity contribution in [3.8, 4) is 11.5 Å². The Hall–Kier alpha value is -4.99. The van der Waals surface area contributed by atoms with Gasteiger partial charge in [-0.3, -0.25) is 9.59 Å². The number of anilines is 1. The number of nitrogens with zero attached hydrogens (tertiary/aromatic N) is 1. The van der Waals surface area contributed by atoms with Crippen molar-refractivity contribution < 1.29 is 28.7 Å². The third-order valence-electron chi connectivity index (χ3n) is 5.17. The minimum Gasteiger partial charge on any atom is -0.423 e. The summed E-state index contributed by atoms with van der Waals surface area (Å²) in [6.45, 7) is 0. The number of halogens is 2. The third kappa shape index (κ3) is 7.53. The van der Waals surface area contributed by atoms with Gasteiger partial charge in [0.05, 0.1) is 28.1 Å². The lowest BCUT2D eigenvalue weighted by atomic mass is 10.2. The Morgan fingerprint density at radius 1 is 0.700 bits per heavy atom. The molecule has 0 spiro atoms. The van der Waals surface area contributed by atoms with Crippen molar-refractivity contribution in [3.05, 3.63) is 124 Å². The molecule has 11 heteroatoms. The number of rotatable bonds is 7. The summed E-state index contributed by atoms with van der Waals surface area (Å²) in [4.78, 5) is 49.6. The summed E-state index contributed by atoms with van der Waals surface area (Å²) in [7, 11) is 0. The topological polar surface area (TPSA) is 123 Å². The first-order chi connectivity index (χ1) is 19.3. The summed E-state index contributed by atoms with van der Waals surface area (Å²) in [6, 6.07) is 25.2. The number of nitrogens with one attached hydrogen (secondary N) is 2. The standard InChI is InChI=1S/C29H19Cl2N3O6/c30-21-12-14-23(31)24(15-21)33-26(35)27(36)34-32-17-20-11-13-22(39-28(37)18-7-3-1-4-8-18)16-25(20)40-29(38)19-9-5-2-6-10-19/h1-17H,(H,33,35)(H,34,36)/b32-17+. The predicted octanol–water partition coefficient (Wildman–Crippen LogP) is 5.52. The van der Waals surface area contributed by atoms with Crippen LogP contribution in [0.15, 0.2) is 102 Å². The Labute approximate surface area is 238 Å². The Balaban J connectivity index is 1.50. The average Bonchev–Trinajstić information content (AvgIpc) is 2.96. The fraction of sp³-hybridized carbons (Fsp3) is 0. The molecule has 2 amide bonds.